The molecule has 0 fully saturated rings. The SMILES string of the molecule is CCCCCCCCCCCCCCCCOP(=O)(O)CCC[NH+](C)C. The van der Waals surface area contributed by atoms with Gasteiger partial charge in [0, 0.05) is 6.42 Å². The third-order valence-electron chi connectivity index (χ3n) is 4.91. The Kier molecular flexibility index (Phi) is 18.6. The molecule has 4 nitrogen and oxygen atoms in total. The summed E-state index contributed by atoms with van der Waals surface area (Å²) < 4.78 is 17.1. The summed E-state index contributed by atoms with van der Waals surface area (Å²) in [5.74, 6) is 0. The minimum absolute atomic E-state index is 0.288. The van der Waals surface area contributed by atoms with Crippen molar-refractivity contribution in [1.29, 1.82) is 0 Å². The lowest BCUT2D eigenvalue weighted by Crippen LogP contribution is -3.05. The maximum Gasteiger partial charge on any atom is 0.328 e. The van der Waals surface area contributed by atoms with Gasteiger partial charge in [-0.1, -0.05) is 90.4 Å². The first-order valence-corrected chi connectivity index (χ1v) is 13.0. The molecule has 0 heterocycles. The van der Waals surface area contributed by atoms with E-state index in [-0.39, 0.29) is 6.16 Å². The third-order valence-corrected chi connectivity index (χ3v) is 6.38. The number of quaternary nitrogens is 1. The van der Waals surface area contributed by atoms with E-state index in [0.29, 0.717) is 6.61 Å². The Balaban J connectivity index is 3.24. The highest BCUT2D eigenvalue weighted by atomic mass is 31.2. The number of hydrogen-bond acceptors (Lipinski definition) is 2. The van der Waals surface area contributed by atoms with Gasteiger partial charge < -0.3 is 14.3 Å². The zero-order chi connectivity index (χ0) is 19.5. The fraction of sp³-hybridized carbons (Fsp3) is 1.00. The van der Waals surface area contributed by atoms with E-state index in [9.17, 15) is 9.46 Å². The van der Waals surface area contributed by atoms with E-state index < -0.39 is 7.60 Å². The van der Waals surface area contributed by atoms with Gasteiger partial charge in [-0.15, -0.1) is 0 Å². The van der Waals surface area contributed by atoms with Crippen LogP contribution in [-0.2, 0) is 9.09 Å². The summed E-state index contributed by atoms with van der Waals surface area (Å²) in [6.07, 6.45) is 19.5. The fourth-order valence-corrected chi connectivity index (χ4v) is 4.30. The zero-order valence-corrected chi connectivity index (χ0v) is 18.8. The molecular weight excluding hydrogens is 345 g/mol. The highest BCUT2D eigenvalue weighted by Gasteiger charge is 2.18. The van der Waals surface area contributed by atoms with Crippen LogP contribution < -0.4 is 4.90 Å². The Morgan fingerprint density at radius 1 is 0.731 bits per heavy atom. The van der Waals surface area contributed by atoms with Gasteiger partial charge in [-0.3, -0.25) is 4.57 Å². The van der Waals surface area contributed by atoms with Crippen LogP contribution in [0, 0.1) is 0 Å². The standard InChI is InChI=1S/C21H46NO3P/c1-4-5-6-7-8-9-10-11-12-13-14-15-16-17-20-25-26(23,24)21-18-19-22(2)3/h4-21H2,1-3H3,(H,23,24)/p+1. The predicted octanol–water partition coefficient (Wildman–Crippen LogP) is 5.20. The molecule has 0 amide bonds. The van der Waals surface area contributed by atoms with Crippen LogP contribution >= 0.6 is 7.60 Å². The molecule has 0 aliphatic rings. The van der Waals surface area contributed by atoms with E-state index >= 15 is 0 Å². The number of rotatable bonds is 20. The summed E-state index contributed by atoms with van der Waals surface area (Å²) >= 11 is 0. The van der Waals surface area contributed by atoms with Crippen molar-refractivity contribution < 1.29 is 18.9 Å². The number of unbranched alkanes of at least 4 members (excludes halogenated alkanes) is 13. The van der Waals surface area contributed by atoms with Gasteiger partial charge in [0.15, 0.2) is 0 Å². The fourth-order valence-electron chi connectivity index (χ4n) is 3.20. The van der Waals surface area contributed by atoms with E-state index in [2.05, 4.69) is 21.0 Å². The van der Waals surface area contributed by atoms with Gasteiger partial charge in [-0.2, -0.15) is 0 Å². The molecule has 1 unspecified atom stereocenters. The van der Waals surface area contributed by atoms with Crippen LogP contribution in [0.4, 0.5) is 0 Å². The topological polar surface area (TPSA) is 51.0 Å². The second-order valence-corrected chi connectivity index (χ2v) is 10.1. The second-order valence-electron chi connectivity index (χ2n) is 8.10. The average Bonchev–Trinajstić information content (AvgIpc) is 2.57. The van der Waals surface area contributed by atoms with Crippen molar-refractivity contribution in [2.75, 3.05) is 33.4 Å². The Hall–Kier alpha value is 0.110. The summed E-state index contributed by atoms with van der Waals surface area (Å²) in [4.78, 5) is 11.1. The summed E-state index contributed by atoms with van der Waals surface area (Å²) in [5.41, 5.74) is 0. The third kappa shape index (κ3) is 20.4. The molecule has 2 N–H and O–H groups in total. The number of nitrogens with one attached hydrogen (secondary N) is 1. The maximum atomic E-state index is 11.9. The van der Waals surface area contributed by atoms with Crippen LogP contribution in [0.25, 0.3) is 0 Å². The quantitative estimate of drug-likeness (QED) is 0.221. The highest BCUT2D eigenvalue weighted by molar-refractivity contribution is 7.52. The van der Waals surface area contributed by atoms with Crippen LogP contribution in [0.1, 0.15) is 103 Å². The zero-order valence-electron chi connectivity index (χ0n) is 17.9. The van der Waals surface area contributed by atoms with Crippen molar-refractivity contribution in [2.45, 2.75) is 103 Å². The molecule has 0 aromatic heterocycles. The van der Waals surface area contributed by atoms with Crippen LogP contribution in [-0.4, -0.2) is 38.3 Å². The molecule has 26 heavy (non-hydrogen) atoms. The molecule has 0 aliphatic heterocycles. The van der Waals surface area contributed by atoms with Gasteiger partial charge >= 0.3 is 7.60 Å². The predicted molar refractivity (Wildman–Crippen MR) is 113 cm³/mol. The molecule has 0 aromatic carbocycles. The molecule has 0 radical (unpaired) electrons. The molecule has 0 spiro atoms. The van der Waals surface area contributed by atoms with Gasteiger partial charge in [0.25, 0.3) is 0 Å². The van der Waals surface area contributed by atoms with Crippen molar-refractivity contribution in [3.63, 3.8) is 0 Å². The molecule has 5 heteroatoms. The molecule has 0 saturated heterocycles. The van der Waals surface area contributed by atoms with Gasteiger partial charge in [-0.05, 0) is 6.42 Å². The molecule has 0 aromatic rings. The summed E-state index contributed by atoms with van der Waals surface area (Å²) in [7, 11) is 0.758. The van der Waals surface area contributed by atoms with E-state index in [1.165, 1.54) is 81.9 Å². The van der Waals surface area contributed by atoms with Crippen molar-refractivity contribution in [3.05, 3.63) is 0 Å². The van der Waals surface area contributed by atoms with Gasteiger partial charge in [0.05, 0.1) is 33.4 Å². The Morgan fingerprint density at radius 3 is 1.58 bits per heavy atom. The first-order valence-electron chi connectivity index (χ1n) is 11.2. The van der Waals surface area contributed by atoms with Crippen LogP contribution in [0.2, 0.25) is 0 Å². The molecular formula is C21H47NO3P+. The van der Waals surface area contributed by atoms with Gasteiger partial charge in [0.1, 0.15) is 0 Å². The van der Waals surface area contributed by atoms with E-state index in [0.717, 1.165) is 25.8 Å². The van der Waals surface area contributed by atoms with Crippen LogP contribution in [0.5, 0.6) is 0 Å². The summed E-state index contributed by atoms with van der Waals surface area (Å²) in [6, 6.07) is 0. The second kappa shape index (κ2) is 18.5. The Morgan fingerprint density at radius 2 is 1.15 bits per heavy atom. The Bertz CT molecular complexity index is 337. The maximum absolute atomic E-state index is 11.9. The largest absolute Gasteiger partial charge is 0.340 e. The molecule has 0 saturated carbocycles. The average molecular weight is 393 g/mol. The lowest BCUT2D eigenvalue weighted by Gasteiger charge is -2.13. The van der Waals surface area contributed by atoms with Crippen molar-refractivity contribution in [1.82, 2.24) is 0 Å². The normalized spacial score (nSPS) is 14.0. The van der Waals surface area contributed by atoms with Crippen LogP contribution in [0.3, 0.4) is 0 Å². The number of hydrogen-bond donors (Lipinski definition) is 2. The monoisotopic (exact) mass is 392 g/mol. The molecule has 0 rings (SSSR count). The van der Waals surface area contributed by atoms with Crippen LogP contribution in [0.15, 0.2) is 0 Å². The summed E-state index contributed by atoms with van der Waals surface area (Å²) in [5, 5.41) is 0. The molecule has 1 atom stereocenters. The van der Waals surface area contributed by atoms with Crippen molar-refractivity contribution >= 4 is 7.60 Å². The van der Waals surface area contributed by atoms with E-state index in [1.807, 2.05) is 0 Å². The first-order chi connectivity index (χ1) is 12.5. The minimum Gasteiger partial charge on any atom is -0.340 e. The summed E-state index contributed by atoms with van der Waals surface area (Å²) in [6.45, 7) is 3.61. The Labute approximate surface area is 163 Å². The van der Waals surface area contributed by atoms with Crippen molar-refractivity contribution in [2.24, 2.45) is 0 Å². The van der Waals surface area contributed by atoms with Crippen molar-refractivity contribution in [3.8, 4) is 0 Å². The van der Waals surface area contributed by atoms with Gasteiger partial charge in [-0.25, -0.2) is 0 Å². The van der Waals surface area contributed by atoms with E-state index in [1.54, 1.807) is 0 Å². The first kappa shape index (κ1) is 26.1. The molecule has 158 valence electrons. The lowest BCUT2D eigenvalue weighted by molar-refractivity contribution is -0.858. The highest BCUT2D eigenvalue weighted by Crippen LogP contribution is 2.42. The molecule has 0 aliphatic carbocycles. The molecule has 0 bridgehead atoms. The lowest BCUT2D eigenvalue weighted by atomic mass is 10.0. The van der Waals surface area contributed by atoms with Gasteiger partial charge in [0.2, 0.25) is 0 Å². The smallest absolute Gasteiger partial charge is 0.328 e. The minimum atomic E-state index is -3.35. The van der Waals surface area contributed by atoms with E-state index in [4.69, 9.17) is 4.52 Å².